The largest absolute Gasteiger partial charge is 0.493 e. The molecule has 10 nitrogen and oxygen atoms in total. The van der Waals surface area contributed by atoms with Gasteiger partial charge >= 0.3 is 6.18 Å². The van der Waals surface area contributed by atoms with E-state index >= 15 is 0 Å². The van der Waals surface area contributed by atoms with Crippen molar-refractivity contribution in [2.45, 2.75) is 36.8 Å². The normalized spacial score (nSPS) is 20.9. The number of ether oxygens (including phenoxy) is 2. The van der Waals surface area contributed by atoms with E-state index in [0.717, 1.165) is 18.2 Å². The van der Waals surface area contributed by atoms with Gasteiger partial charge in [0, 0.05) is 36.2 Å². The number of fused-ring (bicyclic) bond motifs is 1. The number of methoxy groups -OCH3 is 1. The highest BCUT2D eigenvalue weighted by molar-refractivity contribution is 5.95. The summed E-state index contributed by atoms with van der Waals surface area (Å²) in [6.45, 7) is 0.940. The quantitative estimate of drug-likeness (QED) is 0.247. The molecule has 43 heavy (non-hydrogen) atoms. The van der Waals surface area contributed by atoms with Crippen LogP contribution in [0.5, 0.6) is 11.5 Å². The minimum atomic E-state index is -5.28. The zero-order valence-electron chi connectivity index (χ0n) is 23.1. The van der Waals surface area contributed by atoms with Gasteiger partial charge in [0.05, 0.1) is 36.3 Å². The van der Waals surface area contributed by atoms with Crippen LogP contribution in [0.25, 0.3) is 11.3 Å². The first-order valence-electron chi connectivity index (χ1n) is 13.3. The van der Waals surface area contributed by atoms with Gasteiger partial charge in [0.15, 0.2) is 17.6 Å². The van der Waals surface area contributed by atoms with E-state index < -0.39 is 47.4 Å². The molecule has 1 fully saturated rings. The highest BCUT2D eigenvalue weighted by Crippen LogP contribution is 2.45. The Hall–Kier alpha value is -4.43. The van der Waals surface area contributed by atoms with Crippen LogP contribution in [0.1, 0.15) is 35.0 Å². The minimum absolute atomic E-state index is 0.0342. The molecule has 6 N–H and O–H groups in total. The molecule has 2 aliphatic rings. The molecule has 228 valence electrons. The van der Waals surface area contributed by atoms with Crippen LogP contribution in [0.2, 0.25) is 0 Å². The van der Waals surface area contributed by atoms with Crippen molar-refractivity contribution >= 4 is 17.5 Å². The number of alkyl halides is 3. The fourth-order valence-electron chi connectivity index (χ4n) is 4.96. The molecule has 2 aromatic carbocycles. The van der Waals surface area contributed by atoms with Crippen LogP contribution in [0.4, 0.5) is 23.2 Å². The maximum Gasteiger partial charge on any atom is 0.424 e. The van der Waals surface area contributed by atoms with E-state index in [2.05, 4.69) is 20.9 Å². The van der Waals surface area contributed by atoms with Crippen LogP contribution < -0.4 is 31.2 Å². The summed E-state index contributed by atoms with van der Waals surface area (Å²) in [5.74, 6) is -1.55. The van der Waals surface area contributed by atoms with Crippen molar-refractivity contribution < 1.29 is 41.7 Å². The average molecular weight is 604 g/mol. The molecule has 3 heterocycles. The van der Waals surface area contributed by atoms with E-state index in [9.17, 15) is 32.3 Å². The van der Waals surface area contributed by atoms with Gasteiger partial charge in [0.25, 0.3) is 11.8 Å². The lowest BCUT2D eigenvalue weighted by Crippen LogP contribution is -2.51. The van der Waals surface area contributed by atoms with Gasteiger partial charge in [-0.1, -0.05) is 0 Å². The Kier molecular flexibility index (Phi) is 7.69. The predicted octanol–water partition coefficient (Wildman–Crippen LogP) is 2.94. The Balaban J connectivity index is 1.46. The van der Waals surface area contributed by atoms with Gasteiger partial charge in [0.2, 0.25) is 5.60 Å². The van der Waals surface area contributed by atoms with Crippen molar-refractivity contribution in [1.82, 2.24) is 15.6 Å². The van der Waals surface area contributed by atoms with E-state index in [4.69, 9.17) is 15.2 Å². The van der Waals surface area contributed by atoms with Crippen molar-refractivity contribution in [2.24, 2.45) is 5.73 Å². The summed E-state index contributed by atoms with van der Waals surface area (Å²) in [6.07, 6.45) is -5.60. The minimum Gasteiger partial charge on any atom is -0.493 e. The lowest BCUT2D eigenvalue weighted by Gasteiger charge is -2.31. The number of aromatic nitrogens is 1. The van der Waals surface area contributed by atoms with Crippen molar-refractivity contribution in [3.05, 3.63) is 71.2 Å². The van der Waals surface area contributed by atoms with Crippen molar-refractivity contribution in [3.8, 4) is 22.8 Å². The maximum atomic E-state index is 14.6. The first-order chi connectivity index (χ1) is 20.2. The van der Waals surface area contributed by atoms with E-state index in [1.54, 1.807) is 6.92 Å². The number of hydrogen-bond donors (Lipinski definition) is 5. The molecule has 0 bridgehead atoms. The van der Waals surface area contributed by atoms with Gasteiger partial charge in [-0.2, -0.15) is 13.2 Å². The molecule has 3 aromatic rings. The SMILES string of the molecule is COc1cc(C(=O)NCC(O)(c2cc3c(c(-c4ccc(F)cc4)n2)NCC3(C)N)C(F)(F)F)ccc1OC1CCNC1=O. The molecule has 0 spiro atoms. The number of nitrogens with zero attached hydrogens (tertiary/aromatic N) is 1. The second-order valence-electron chi connectivity index (χ2n) is 10.6. The lowest BCUT2D eigenvalue weighted by molar-refractivity contribution is -0.265. The molecule has 0 aliphatic carbocycles. The Morgan fingerprint density at radius 2 is 1.88 bits per heavy atom. The third-order valence-electron chi connectivity index (χ3n) is 7.48. The number of halogens is 4. The van der Waals surface area contributed by atoms with E-state index in [-0.39, 0.29) is 40.8 Å². The number of carbonyl (C=O) groups is 2. The molecule has 0 radical (unpaired) electrons. The summed E-state index contributed by atoms with van der Waals surface area (Å²) in [6, 6.07) is 9.94. The molecule has 2 aliphatic heterocycles. The molecule has 1 saturated heterocycles. The number of nitrogens with one attached hydrogen (secondary N) is 3. The van der Waals surface area contributed by atoms with E-state index in [1.807, 2.05) is 0 Å². The highest BCUT2D eigenvalue weighted by Gasteiger charge is 2.57. The summed E-state index contributed by atoms with van der Waals surface area (Å²) in [4.78, 5) is 29.0. The predicted molar refractivity (Wildman–Crippen MR) is 147 cm³/mol. The molecular formula is C29H29F4N5O5. The zero-order chi connectivity index (χ0) is 31.2. The molecule has 0 saturated carbocycles. The summed E-state index contributed by atoms with van der Waals surface area (Å²) in [5.41, 5.74) is 1.68. The number of amides is 2. The zero-order valence-corrected chi connectivity index (χ0v) is 23.1. The van der Waals surface area contributed by atoms with Crippen LogP contribution >= 0.6 is 0 Å². The molecule has 3 unspecified atom stereocenters. The standard InChI is InChI=1S/C29H29F4N5O5/c1-27(34)13-36-24-18(27)12-22(38-23(24)15-3-6-17(30)7-4-15)28(41,29(31,32)33)14-37-25(39)16-5-8-19(21(11-16)42-2)43-20-9-10-35-26(20)40/h3-8,11-12,20,36,41H,9-10,13-14,34H2,1-2H3,(H,35,40)(H,37,39). The van der Waals surface area contributed by atoms with Crippen molar-refractivity contribution in [2.75, 3.05) is 32.1 Å². The van der Waals surface area contributed by atoms with Gasteiger partial charge in [-0.3, -0.25) is 9.59 Å². The van der Waals surface area contributed by atoms with Crippen LogP contribution in [-0.2, 0) is 15.9 Å². The van der Waals surface area contributed by atoms with E-state index in [1.165, 1.54) is 37.4 Å². The molecular weight excluding hydrogens is 574 g/mol. The summed E-state index contributed by atoms with van der Waals surface area (Å²) >= 11 is 0. The van der Waals surface area contributed by atoms with Crippen LogP contribution in [-0.4, -0.2) is 60.9 Å². The topological polar surface area (TPSA) is 148 Å². The Bertz CT molecular complexity index is 1560. The Morgan fingerprint density at radius 1 is 1.16 bits per heavy atom. The van der Waals surface area contributed by atoms with Crippen LogP contribution in [0, 0.1) is 5.82 Å². The first-order valence-corrected chi connectivity index (χ1v) is 13.3. The third-order valence-corrected chi connectivity index (χ3v) is 7.48. The number of nitrogens with two attached hydrogens (primary N) is 1. The van der Waals surface area contributed by atoms with Gasteiger partial charge in [-0.05, 0) is 55.5 Å². The van der Waals surface area contributed by atoms with Crippen LogP contribution in [0.3, 0.4) is 0 Å². The Labute approximate surface area is 243 Å². The highest BCUT2D eigenvalue weighted by atomic mass is 19.4. The van der Waals surface area contributed by atoms with Gasteiger partial charge in [-0.25, -0.2) is 9.37 Å². The third kappa shape index (κ3) is 5.67. The van der Waals surface area contributed by atoms with Crippen molar-refractivity contribution in [1.29, 1.82) is 0 Å². The molecule has 5 rings (SSSR count). The molecule has 14 heteroatoms. The molecule has 1 aromatic heterocycles. The fourth-order valence-corrected chi connectivity index (χ4v) is 4.96. The molecule has 2 amide bonds. The maximum absolute atomic E-state index is 14.6. The smallest absolute Gasteiger partial charge is 0.424 e. The first kappa shape index (κ1) is 30.0. The monoisotopic (exact) mass is 603 g/mol. The van der Waals surface area contributed by atoms with Crippen LogP contribution in [0.15, 0.2) is 48.5 Å². The summed E-state index contributed by atoms with van der Waals surface area (Å²) in [5, 5.41) is 19.0. The summed E-state index contributed by atoms with van der Waals surface area (Å²) in [7, 11) is 1.30. The lowest BCUT2D eigenvalue weighted by atomic mass is 9.89. The second-order valence-corrected chi connectivity index (χ2v) is 10.6. The summed E-state index contributed by atoms with van der Waals surface area (Å²) < 4.78 is 68.2. The number of benzene rings is 2. The number of rotatable bonds is 8. The molecule has 3 atom stereocenters. The van der Waals surface area contributed by atoms with Gasteiger partial charge in [-0.15, -0.1) is 0 Å². The number of carbonyl (C=O) groups excluding carboxylic acids is 2. The number of hydrogen-bond acceptors (Lipinski definition) is 8. The second kappa shape index (κ2) is 11.0. The van der Waals surface area contributed by atoms with Gasteiger partial charge < -0.3 is 36.3 Å². The van der Waals surface area contributed by atoms with Crippen molar-refractivity contribution in [3.63, 3.8) is 0 Å². The van der Waals surface area contributed by atoms with E-state index in [0.29, 0.717) is 24.2 Å². The average Bonchev–Trinajstić information content (AvgIpc) is 3.52. The number of anilines is 1. The fraction of sp³-hybridized carbons (Fsp3) is 0.345. The number of pyridine rings is 1. The van der Waals surface area contributed by atoms with Gasteiger partial charge in [0.1, 0.15) is 5.82 Å². The number of aliphatic hydroxyl groups is 1. The Morgan fingerprint density at radius 3 is 2.51 bits per heavy atom.